The molecule has 5 nitrogen and oxygen atoms in total. The Morgan fingerprint density at radius 2 is 2.00 bits per heavy atom. The summed E-state index contributed by atoms with van der Waals surface area (Å²) in [5.74, 6) is -0.524. The fourth-order valence-electron chi connectivity index (χ4n) is 1.61. The number of benzene rings is 1. The molecule has 0 bridgehead atoms. The molecule has 0 aliphatic rings. The molecule has 0 aromatic heterocycles. The maximum atomic E-state index is 11.6. The average molecular weight is 305 g/mol. The topological polar surface area (TPSA) is 64.6 Å². The standard InChI is InChI=1S/C17H23NO4/c1-3-4-5-9-12-21-16(19)14(2)18-17(20)22-13-15-10-7-6-8-11-15/h6-12,14H,3-5,13H2,1-2H3,(H,18,20)/b12-9+/t14-/m0/s1. The Labute approximate surface area is 131 Å². The summed E-state index contributed by atoms with van der Waals surface area (Å²) in [6, 6.07) is 8.55. The van der Waals surface area contributed by atoms with Crippen LogP contribution in [0.3, 0.4) is 0 Å². The minimum absolute atomic E-state index is 0.158. The molecule has 22 heavy (non-hydrogen) atoms. The number of hydrogen-bond donors (Lipinski definition) is 1. The molecule has 0 saturated carbocycles. The van der Waals surface area contributed by atoms with E-state index in [4.69, 9.17) is 9.47 Å². The van der Waals surface area contributed by atoms with Crippen molar-refractivity contribution in [1.82, 2.24) is 5.32 Å². The van der Waals surface area contributed by atoms with Crippen LogP contribution >= 0.6 is 0 Å². The van der Waals surface area contributed by atoms with Crippen molar-refractivity contribution < 1.29 is 19.1 Å². The first-order chi connectivity index (χ1) is 10.6. The Morgan fingerprint density at radius 1 is 1.27 bits per heavy atom. The highest BCUT2D eigenvalue weighted by atomic mass is 16.6. The van der Waals surface area contributed by atoms with Crippen LogP contribution in [0.5, 0.6) is 0 Å². The van der Waals surface area contributed by atoms with Crippen molar-refractivity contribution in [3.05, 3.63) is 48.2 Å². The number of carbonyl (C=O) groups is 2. The predicted molar refractivity (Wildman–Crippen MR) is 84.0 cm³/mol. The lowest BCUT2D eigenvalue weighted by atomic mass is 10.2. The van der Waals surface area contributed by atoms with E-state index in [1.165, 1.54) is 6.26 Å². The van der Waals surface area contributed by atoms with Crippen LogP contribution in [0.4, 0.5) is 4.79 Å². The van der Waals surface area contributed by atoms with Gasteiger partial charge in [0, 0.05) is 0 Å². The molecule has 5 heteroatoms. The lowest BCUT2D eigenvalue weighted by Crippen LogP contribution is -2.39. The quantitative estimate of drug-likeness (QED) is 0.453. The highest BCUT2D eigenvalue weighted by Gasteiger charge is 2.17. The van der Waals surface area contributed by atoms with Crippen LogP contribution in [0, 0.1) is 0 Å². The second kappa shape index (κ2) is 10.4. The van der Waals surface area contributed by atoms with Crippen molar-refractivity contribution in [1.29, 1.82) is 0 Å². The zero-order chi connectivity index (χ0) is 16.2. The average Bonchev–Trinajstić information content (AvgIpc) is 2.53. The van der Waals surface area contributed by atoms with Crippen LogP contribution in [0.25, 0.3) is 0 Å². The first kappa shape index (κ1) is 17.8. The summed E-state index contributed by atoms with van der Waals surface area (Å²) in [5, 5.41) is 2.43. The number of nitrogens with one attached hydrogen (secondary N) is 1. The molecular formula is C17H23NO4. The molecule has 0 saturated heterocycles. The second-order valence-corrected chi connectivity index (χ2v) is 4.88. The largest absolute Gasteiger partial charge is 0.445 e. The Balaban J connectivity index is 2.25. The van der Waals surface area contributed by atoms with E-state index in [-0.39, 0.29) is 6.61 Å². The van der Waals surface area contributed by atoms with Crippen molar-refractivity contribution in [2.75, 3.05) is 0 Å². The van der Waals surface area contributed by atoms with Gasteiger partial charge in [0.2, 0.25) is 0 Å². The Bertz CT molecular complexity index is 485. The molecule has 1 atom stereocenters. The summed E-state index contributed by atoms with van der Waals surface area (Å²) in [6.45, 7) is 3.80. The minimum Gasteiger partial charge on any atom is -0.445 e. The third kappa shape index (κ3) is 7.47. The van der Waals surface area contributed by atoms with Gasteiger partial charge in [-0.2, -0.15) is 0 Å². The normalized spacial score (nSPS) is 11.9. The third-order valence-corrected chi connectivity index (χ3v) is 2.91. The molecule has 0 spiro atoms. The van der Waals surface area contributed by atoms with Gasteiger partial charge in [-0.05, 0) is 31.4 Å². The summed E-state index contributed by atoms with van der Waals surface area (Å²) < 4.78 is 9.95. The summed E-state index contributed by atoms with van der Waals surface area (Å²) in [5.41, 5.74) is 0.881. The van der Waals surface area contributed by atoms with Gasteiger partial charge in [0.25, 0.3) is 0 Å². The smallest absolute Gasteiger partial charge is 0.408 e. The SMILES string of the molecule is CCCC/C=C/OC(=O)[C@H](C)NC(=O)OCc1ccccc1. The van der Waals surface area contributed by atoms with E-state index in [0.717, 1.165) is 24.8 Å². The fourth-order valence-corrected chi connectivity index (χ4v) is 1.61. The van der Waals surface area contributed by atoms with Gasteiger partial charge in [-0.3, -0.25) is 0 Å². The molecule has 0 aliphatic carbocycles. The minimum atomic E-state index is -0.765. The molecule has 120 valence electrons. The van der Waals surface area contributed by atoms with E-state index < -0.39 is 18.1 Å². The molecule has 1 aromatic rings. The number of alkyl carbamates (subject to hydrolysis) is 1. The summed E-state index contributed by atoms with van der Waals surface area (Å²) in [4.78, 5) is 23.2. The van der Waals surface area contributed by atoms with Crippen LogP contribution in [0.1, 0.15) is 38.7 Å². The van der Waals surface area contributed by atoms with Crippen LogP contribution in [0.15, 0.2) is 42.7 Å². The van der Waals surface area contributed by atoms with Gasteiger partial charge in [0.15, 0.2) is 0 Å². The predicted octanol–water partition coefficient (Wildman–Crippen LogP) is 3.55. The van der Waals surface area contributed by atoms with E-state index in [1.54, 1.807) is 13.0 Å². The van der Waals surface area contributed by atoms with Crippen molar-refractivity contribution in [2.24, 2.45) is 0 Å². The zero-order valence-electron chi connectivity index (χ0n) is 13.1. The van der Waals surface area contributed by atoms with Crippen LogP contribution in [-0.4, -0.2) is 18.1 Å². The molecule has 1 N–H and O–H groups in total. The summed E-state index contributed by atoms with van der Waals surface area (Å²) in [6.07, 6.45) is 5.51. The fraction of sp³-hybridized carbons (Fsp3) is 0.412. The van der Waals surface area contributed by atoms with Gasteiger partial charge < -0.3 is 14.8 Å². The number of esters is 1. The molecular weight excluding hydrogens is 282 g/mol. The van der Waals surface area contributed by atoms with Crippen LogP contribution < -0.4 is 5.32 Å². The maximum Gasteiger partial charge on any atom is 0.408 e. The molecule has 1 amide bonds. The lowest BCUT2D eigenvalue weighted by Gasteiger charge is -2.12. The Kier molecular flexibility index (Phi) is 8.42. The maximum absolute atomic E-state index is 11.6. The number of allylic oxidation sites excluding steroid dienone is 1. The monoisotopic (exact) mass is 305 g/mol. The molecule has 1 aromatic carbocycles. The van der Waals surface area contributed by atoms with E-state index in [2.05, 4.69) is 12.2 Å². The molecule has 0 aliphatic heterocycles. The van der Waals surface area contributed by atoms with E-state index in [1.807, 2.05) is 30.3 Å². The van der Waals surface area contributed by atoms with E-state index >= 15 is 0 Å². The van der Waals surface area contributed by atoms with Gasteiger partial charge in [0.1, 0.15) is 12.6 Å². The van der Waals surface area contributed by atoms with Crippen molar-refractivity contribution in [3.8, 4) is 0 Å². The third-order valence-electron chi connectivity index (χ3n) is 2.91. The highest BCUT2D eigenvalue weighted by Crippen LogP contribution is 2.01. The molecule has 0 unspecified atom stereocenters. The number of hydrogen-bond acceptors (Lipinski definition) is 4. The lowest BCUT2D eigenvalue weighted by molar-refractivity contribution is -0.139. The van der Waals surface area contributed by atoms with Gasteiger partial charge in [0.05, 0.1) is 6.26 Å². The van der Waals surface area contributed by atoms with Gasteiger partial charge in [-0.1, -0.05) is 43.7 Å². The number of unbranched alkanes of at least 4 members (excludes halogenated alkanes) is 2. The van der Waals surface area contributed by atoms with E-state index in [9.17, 15) is 9.59 Å². The number of ether oxygens (including phenoxy) is 2. The Hall–Kier alpha value is -2.30. The number of rotatable bonds is 8. The van der Waals surface area contributed by atoms with Crippen LogP contribution in [0.2, 0.25) is 0 Å². The summed E-state index contributed by atoms with van der Waals surface area (Å²) in [7, 11) is 0. The molecule has 0 radical (unpaired) electrons. The summed E-state index contributed by atoms with van der Waals surface area (Å²) >= 11 is 0. The van der Waals surface area contributed by atoms with Crippen molar-refractivity contribution in [2.45, 2.75) is 45.8 Å². The van der Waals surface area contributed by atoms with E-state index in [0.29, 0.717) is 0 Å². The first-order valence-electron chi connectivity index (χ1n) is 7.46. The molecule has 1 rings (SSSR count). The van der Waals surface area contributed by atoms with Gasteiger partial charge in [-0.25, -0.2) is 9.59 Å². The Morgan fingerprint density at radius 3 is 2.68 bits per heavy atom. The zero-order valence-corrected chi connectivity index (χ0v) is 13.1. The highest BCUT2D eigenvalue weighted by molar-refractivity contribution is 5.81. The van der Waals surface area contributed by atoms with Crippen LogP contribution in [-0.2, 0) is 20.9 Å². The number of carbonyl (C=O) groups excluding carboxylic acids is 2. The van der Waals surface area contributed by atoms with Gasteiger partial charge in [-0.15, -0.1) is 0 Å². The van der Waals surface area contributed by atoms with Crippen molar-refractivity contribution >= 4 is 12.1 Å². The molecule has 0 fully saturated rings. The first-order valence-corrected chi connectivity index (χ1v) is 7.46. The van der Waals surface area contributed by atoms with Crippen molar-refractivity contribution in [3.63, 3.8) is 0 Å². The molecule has 0 heterocycles. The second-order valence-electron chi connectivity index (χ2n) is 4.88. The number of amides is 1. The van der Waals surface area contributed by atoms with Gasteiger partial charge >= 0.3 is 12.1 Å².